The van der Waals surface area contributed by atoms with Gasteiger partial charge in [0.2, 0.25) is 5.91 Å². The molecule has 7 nitrogen and oxygen atoms in total. The van der Waals surface area contributed by atoms with E-state index < -0.39 is 17.3 Å². The summed E-state index contributed by atoms with van der Waals surface area (Å²) in [6.07, 6.45) is 3.96. The van der Waals surface area contributed by atoms with E-state index in [1.807, 2.05) is 29.2 Å². The van der Waals surface area contributed by atoms with E-state index in [4.69, 9.17) is 0 Å². The van der Waals surface area contributed by atoms with Gasteiger partial charge in [-0.1, -0.05) is 12.1 Å². The average molecular weight is 352 g/mol. The monoisotopic (exact) mass is 352 g/mol. The highest BCUT2D eigenvalue weighted by Crippen LogP contribution is 2.46. The predicted molar refractivity (Wildman–Crippen MR) is 94.6 cm³/mol. The normalized spacial score (nSPS) is 28.0. The Balaban J connectivity index is 1.45. The summed E-state index contributed by atoms with van der Waals surface area (Å²) in [6, 6.07) is 7.59. The molecule has 2 saturated heterocycles. The molecule has 1 aromatic heterocycles. The van der Waals surface area contributed by atoms with Crippen LogP contribution in [0.1, 0.15) is 12.8 Å². The number of hydrogen-bond acceptors (Lipinski definition) is 5. The molecule has 0 unspecified atom stereocenters. The Kier molecular flexibility index (Phi) is 3.23. The van der Waals surface area contributed by atoms with Gasteiger partial charge < -0.3 is 14.9 Å². The fourth-order valence-corrected chi connectivity index (χ4v) is 4.35. The van der Waals surface area contributed by atoms with Crippen molar-refractivity contribution < 1.29 is 14.7 Å². The molecule has 0 radical (unpaired) electrons. The largest absolute Gasteiger partial charge is 0.481 e. The number of benzene rings is 1. The zero-order valence-corrected chi connectivity index (χ0v) is 14.3. The molecular formula is C19H20N4O3. The first-order valence-electron chi connectivity index (χ1n) is 9.06. The first kappa shape index (κ1) is 15.5. The van der Waals surface area contributed by atoms with Crippen LogP contribution in [-0.2, 0) is 9.59 Å². The van der Waals surface area contributed by atoms with Crippen molar-refractivity contribution in [2.45, 2.75) is 12.8 Å². The number of carboxylic acids is 1. The summed E-state index contributed by atoms with van der Waals surface area (Å²) in [5, 5.41) is 9.95. The summed E-state index contributed by atoms with van der Waals surface area (Å²) >= 11 is 0. The lowest BCUT2D eigenvalue weighted by molar-refractivity contribution is -0.149. The van der Waals surface area contributed by atoms with Crippen LogP contribution in [0.15, 0.2) is 30.5 Å². The number of nitrogens with zero attached hydrogens (tertiary/aromatic N) is 4. The zero-order chi connectivity index (χ0) is 17.9. The third kappa shape index (κ3) is 2.26. The first-order valence-corrected chi connectivity index (χ1v) is 9.06. The van der Waals surface area contributed by atoms with E-state index in [1.54, 1.807) is 11.1 Å². The van der Waals surface area contributed by atoms with E-state index in [1.165, 1.54) is 0 Å². The van der Waals surface area contributed by atoms with Crippen LogP contribution in [0.25, 0.3) is 11.0 Å². The second-order valence-corrected chi connectivity index (χ2v) is 7.77. The maximum Gasteiger partial charge on any atom is 0.314 e. The van der Waals surface area contributed by atoms with Gasteiger partial charge in [-0.25, -0.2) is 4.98 Å². The number of hydrogen-bond donors (Lipinski definition) is 1. The van der Waals surface area contributed by atoms with Gasteiger partial charge in [-0.15, -0.1) is 0 Å². The summed E-state index contributed by atoms with van der Waals surface area (Å²) in [7, 11) is 0. The Morgan fingerprint density at radius 2 is 2.00 bits per heavy atom. The van der Waals surface area contributed by atoms with Crippen molar-refractivity contribution in [2.75, 3.05) is 31.1 Å². The van der Waals surface area contributed by atoms with Crippen molar-refractivity contribution in [3.63, 3.8) is 0 Å². The summed E-state index contributed by atoms with van der Waals surface area (Å²) in [4.78, 5) is 37.7. The topological polar surface area (TPSA) is 86.6 Å². The number of amides is 1. The minimum Gasteiger partial charge on any atom is -0.481 e. The number of rotatable bonds is 4. The first-order chi connectivity index (χ1) is 12.6. The van der Waals surface area contributed by atoms with Crippen LogP contribution >= 0.6 is 0 Å². The van der Waals surface area contributed by atoms with E-state index >= 15 is 0 Å². The maximum absolute atomic E-state index is 12.8. The smallest absolute Gasteiger partial charge is 0.314 e. The molecule has 7 heteroatoms. The van der Waals surface area contributed by atoms with Crippen molar-refractivity contribution in [1.82, 2.24) is 14.9 Å². The standard InChI is InChI=1S/C19H20N4O3/c24-17-13-9-22(16-7-20-14-3-1-2-4-15(14)21-16)10-19(13,18(25)26)11-23(17)8-12-5-6-12/h1-4,7,12-13H,5-6,8-11H2,(H,25,26)/t13-,19-/m0/s1. The number of carbonyl (C=O) groups excluding carboxylic acids is 1. The van der Waals surface area contributed by atoms with Crippen LogP contribution in [0.3, 0.4) is 0 Å². The molecule has 2 aromatic rings. The van der Waals surface area contributed by atoms with Gasteiger partial charge in [0.15, 0.2) is 0 Å². The second-order valence-electron chi connectivity index (χ2n) is 7.77. The molecule has 3 heterocycles. The fraction of sp³-hybridized carbons (Fsp3) is 0.474. The van der Waals surface area contributed by atoms with Crippen LogP contribution in [0, 0.1) is 17.3 Å². The number of anilines is 1. The van der Waals surface area contributed by atoms with Crippen LogP contribution in [0.4, 0.5) is 5.82 Å². The van der Waals surface area contributed by atoms with E-state index in [2.05, 4.69) is 9.97 Å². The molecule has 3 aliphatic rings. The van der Waals surface area contributed by atoms with Gasteiger partial charge in [0.1, 0.15) is 11.2 Å². The van der Waals surface area contributed by atoms with Crippen molar-refractivity contribution >= 4 is 28.7 Å². The van der Waals surface area contributed by atoms with Gasteiger partial charge in [0.25, 0.3) is 0 Å². The third-order valence-corrected chi connectivity index (χ3v) is 5.99. The summed E-state index contributed by atoms with van der Waals surface area (Å²) in [5.41, 5.74) is 0.530. The third-order valence-electron chi connectivity index (χ3n) is 5.99. The Bertz CT molecular complexity index is 913. The second kappa shape index (κ2) is 5.40. The van der Waals surface area contributed by atoms with Crippen molar-refractivity contribution in [2.24, 2.45) is 17.3 Å². The molecule has 134 valence electrons. The number of likely N-dealkylation sites (tertiary alicyclic amines) is 1. The molecule has 2 aliphatic heterocycles. The Hall–Kier alpha value is -2.70. The predicted octanol–water partition coefficient (Wildman–Crippen LogP) is 1.39. The van der Waals surface area contributed by atoms with Gasteiger partial charge in [-0.2, -0.15) is 0 Å². The lowest BCUT2D eigenvalue weighted by atomic mass is 9.81. The number of para-hydroxylation sites is 2. The van der Waals surface area contributed by atoms with Crippen molar-refractivity contribution in [1.29, 1.82) is 0 Å². The maximum atomic E-state index is 12.8. The van der Waals surface area contributed by atoms with Crippen molar-refractivity contribution in [3.05, 3.63) is 30.5 Å². The Morgan fingerprint density at radius 3 is 2.69 bits per heavy atom. The van der Waals surface area contributed by atoms with Crippen LogP contribution < -0.4 is 4.90 Å². The highest BCUT2D eigenvalue weighted by Gasteiger charge is 2.62. The summed E-state index contributed by atoms with van der Waals surface area (Å²) in [6.45, 7) is 1.70. The molecule has 1 N–H and O–H groups in total. The SMILES string of the molecule is O=C1[C@@H]2CN(c3cnc4ccccc4n3)C[C@]2(C(=O)O)CN1CC1CC1. The van der Waals surface area contributed by atoms with E-state index in [0.29, 0.717) is 37.9 Å². The van der Waals surface area contributed by atoms with Gasteiger partial charge in [-0.05, 0) is 30.9 Å². The zero-order valence-electron chi connectivity index (χ0n) is 14.3. The quantitative estimate of drug-likeness (QED) is 0.895. The van der Waals surface area contributed by atoms with Gasteiger partial charge >= 0.3 is 5.97 Å². The summed E-state index contributed by atoms with van der Waals surface area (Å²) in [5.74, 6) is -0.209. The highest BCUT2D eigenvalue weighted by molar-refractivity contribution is 5.93. The molecule has 26 heavy (non-hydrogen) atoms. The molecule has 1 amide bonds. The van der Waals surface area contributed by atoms with Crippen LogP contribution in [0.5, 0.6) is 0 Å². The molecule has 1 aromatic carbocycles. The van der Waals surface area contributed by atoms with Gasteiger partial charge in [-0.3, -0.25) is 14.6 Å². The number of aliphatic carboxylic acids is 1. The summed E-state index contributed by atoms with van der Waals surface area (Å²) < 4.78 is 0. The molecule has 0 bridgehead atoms. The molecule has 3 fully saturated rings. The number of carboxylic acid groups (broad SMARTS) is 1. The Labute approximate surface area is 150 Å². The highest BCUT2D eigenvalue weighted by atomic mass is 16.4. The lowest BCUT2D eigenvalue weighted by Gasteiger charge is -2.25. The van der Waals surface area contributed by atoms with Gasteiger partial charge in [0.05, 0.1) is 23.1 Å². The molecule has 0 spiro atoms. The number of aromatic nitrogens is 2. The molecule has 5 rings (SSSR count). The number of fused-ring (bicyclic) bond motifs is 2. The van der Waals surface area contributed by atoms with Crippen LogP contribution in [0.2, 0.25) is 0 Å². The molecule has 1 aliphatic carbocycles. The van der Waals surface area contributed by atoms with E-state index in [0.717, 1.165) is 23.9 Å². The van der Waals surface area contributed by atoms with Crippen molar-refractivity contribution in [3.8, 4) is 0 Å². The Morgan fingerprint density at radius 1 is 1.23 bits per heavy atom. The minimum atomic E-state index is -1.04. The molecular weight excluding hydrogens is 332 g/mol. The lowest BCUT2D eigenvalue weighted by Crippen LogP contribution is -2.41. The van der Waals surface area contributed by atoms with Crippen LogP contribution in [-0.4, -0.2) is 58.0 Å². The molecule has 1 saturated carbocycles. The van der Waals surface area contributed by atoms with E-state index in [-0.39, 0.29) is 5.91 Å². The fourth-order valence-electron chi connectivity index (χ4n) is 4.35. The van der Waals surface area contributed by atoms with Gasteiger partial charge in [0, 0.05) is 26.2 Å². The molecule has 2 atom stereocenters. The average Bonchev–Trinajstić information content (AvgIpc) is 3.31. The van der Waals surface area contributed by atoms with E-state index in [9.17, 15) is 14.7 Å². The minimum absolute atomic E-state index is 0.0180. The number of carbonyl (C=O) groups is 2.